The van der Waals surface area contributed by atoms with Gasteiger partial charge in [-0.05, 0) is 38.5 Å². The van der Waals surface area contributed by atoms with E-state index in [2.05, 4.69) is 45.8 Å². The maximum absolute atomic E-state index is 4.73. The first-order valence-electron chi connectivity index (χ1n) is 8.75. The van der Waals surface area contributed by atoms with Gasteiger partial charge in [-0.1, -0.05) is 13.8 Å². The van der Waals surface area contributed by atoms with Gasteiger partial charge in [-0.3, -0.25) is 4.57 Å². The minimum atomic E-state index is 0.363. The van der Waals surface area contributed by atoms with Gasteiger partial charge in [-0.2, -0.15) is 0 Å². The maximum atomic E-state index is 4.73. The molecule has 1 aliphatic heterocycles. The molecule has 124 valence electrons. The van der Waals surface area contributed by atoms with E-state index in [1.165, 1.54) is 30.8 Å². The largest absolute Gasteiger partial charge is 0.332 e. The Morgan fingerprint density at radius 1 is 1.26 bits per heavy atom. The van der Waals surface area contributed by atoms with Gasteiger partial charge in [0.1, 0.15) is 5.82 Å². The Morgan fingerprint density at radius 3 is 2.74 bits per heavy atom. The van der Waals surface area contributed by atoms with Crippen LogP contribution in [0.1, 0.15) is 68.0 Å². The lowest BCUT2D eigenvalue weighted by Crippen LogP contribution is -2.27. The van der Waals surface area contributed by atoms with Crippen LogP contribution in [0.2, 0.25) is 0 Å². The lowest BCUT2D eigenvalue weighted by Gasteiger charge is -2.25. The van der Waals surface area contributed by atoms with Gasteiger partial charge >= 0.3 is 0 Å². The lowest BCUT2D eigenvalue weighted by atomic mass is 10.2. The molecule has 6 heteroatoms. The topological polar surface area (TPSA) is 46.8 Å². The molecule has 0 N–H and O–H groups in total. The van der Waals surface area contributed by atoms with Crippen molar-refractivity contribution in [3.05, 3.63) is 21.9 Å². The molecule has 0 bridgehead atoms. The molecule has 0 unspecified atom stereocenters. The van der Waals surface area contributed by atoms with Crippen molar-refractivity contribution in [2.45, 2.75) is 65.0 Å². The number of aromatic nitrogens is 4. The van der Waals surface area contributed by atoms with E-state index < -0.39 is 0 Å². The van der Waals surface area contributed by atoms with Gasteiger partial charge in [0.05, 0.1) is 16.7 Å². The minimum absolute atomic E-state index is 0.363. The molecule has 23 heavy (non-hydrogen) atoms. The number of rotatable bonds is 5. The first kappa shape index (κ1) is 15.1. The summed E-state index contributed by atoms with van der Waals surface area (Å²) < 4.78 is 2.39. The van der Waals surface area contributed by atoms with Crippen molar-refractivity contribution >= 4 is 17.3 Å². The number of anilines is 1. The summed E-state index contributed by atoms with van der Waals surface area (Å²) in [5.74, 6) is 3.50. The minimum Gasteiger partial charge on any atom is -0.332 e. The number of hydrogen-bond donors (Lipinski definition) is 0. The summed E-state index contributed by atoms with van der Waals surface area (Å²) in [5, 5.41) is 12.5. The zero-order valence-corrected chi connectivity index (χ0v) is 15.0. The molecule has 1 saturated heterocycles. The van der Waals surface area contributed by atoms with Crippen molar-refractivity contribution in [2.75, 3.05) is 11.4 Å². The second-order valence-corrected chi connectivity index (χ2v) is 8.34. The van der Waals surface area contributed by atoms with Crippen LogP contribution in [0.5, 0.6) is 0 Å². The van der Waals surface area contributed by atoms with E-state index in [9.17, 15) is 0 Å². The average molecular weight is 331 g/mol. The lowest BCUT2D eigenvalue weighted by molar-refractivity contribution is 0.500. The monoisotopic (exact) mass is 331 g/mol. The molecule has 3 heterocycles. The number of nitrogens with zero attached hydrogens (tertiary/aromatic N) is 5. The molecule has 1 atom stereocenters. The molecule has 0 aromatic carbocycles. The Hall–Kier alpha value is -1.43. The summed E-state index contributed by atoms with van der Waals surface area (Å²) in [7, 11) is 0. The van der Waals surface area contributed by atoms with Crippen LogP contribution in [-0.2, 0) is 6.54 Å². The molecule has 0 amide bonds. The number of thiazole rings is 1. The highest BCUT2D eigenvalue weighted by Crippen LogP contribution is 2.42. The van der Waals surface area contributed by atoms with Crippen molar-refractivity contribution in [3.8, 4) is 0 Å². The summed E-state index contributed by atoms with van der Waals surface area (Å²) in [6.07, 6.45) is 4.90. The van der Waals surface area contributed by atoms with Crippen LogP contribution in [0.3, 0.4) is 0 Å². The highest BCUT2D eigenvalue weighted by Gasteiger charge is 2.35. The molecule has 2 fully saturated rings. The molecular weight excluding hydrogens is 306 g/mol. The summed E-state index contributed by atoms with van der Waals surface area (Å²) in [4.78, 5) is 7.17. The van der Waals surface area contributed by atoms with E-state index in [0.717, 1.165) is 30.5 Å². The van der Waals surface area contributed by atoms with Crippen molar-refractivity contribution in [3.63, 3.8) is 0 Å². The molecule has 5 nitrogen and oxygen atoms in total. The summed E-state index contributed by atoms with van der Waals surface area (Å²) >= 11 is 1.74. The van der Waals surface area contributed by atoms with Gasteiger partial charge in [0.2, 0.25) is 5.95 Å². The SMILES string of the molecule is Cc1nc([C@H]2CCCN2c2nnc(C3CC3)n2CC(C)C)cs1. The molecule has 2 aromatic heterocycles. The van der Waals surface area contributed by atoms with Gasteiger partial charge in [-0.25, -0.2) is 4.98 Å². The summed E-state index contributed by atoms with van der Waals surface area (Å²) in [6.45, 7) is 8.69. The molecule has 1 aliphatic carbocycles. The smallest absolute Gasteiger partial charge is 0.227 e. The fourth-order valence-electron chi connectivity index (χ4n) is 3.55. The van der Waals surface area contributed by atoms with E-state index >= 15 is 0 Å². The third kappa shape index (κ3) is 2.89. The van der Waals surface area contributed by atoms with E-state index in [1.54, 1.807) is 11.3 Å². The predicted octanol–water partition coefficient (Wildman–Crippen LogP) is 3.92. The number of aryl methyl sites for hydroxylation is 1. The van der Waals surface area contributed by atoms with Crippen LogP contribution in [0.25, 0.3) is 0 Å². The standard InChI is InChI=1S/C17H25N5S/c1-11(2)9-22-16(13-6-7-13)19-20-17(22)21-8-4-5-15(21)14-10-23-12(3)18-14/h10-11,13,15H,4-9H2,1-3H3/t15-/m1/s1. The van der Waals surface area contributed by atoms with Crippen LogP contribution >= 0.6 is 11.3 Å². The van der Waals surface area contributed by atoms with Crippen LogP contribution in [0, 0.1) is 12.8 Å². The second-order valence-electron chi connectivity index (χ2n) is 7.28. The Morgan fingerprint density at radius 2 is 2.09 bits per heavy atom. The van der Waals surface area contributed by atoms with E-state index in [1.807, 2.05) is 0 Å². The van der Waals surface area contributed by atoms with Crippen molar-refractivity contribution in [1.82, 2.24) is 19.7 Å². The highest BCUT2D eigenvalue weighted by molar-refractivity contribution is 7.09. The first-order valence-corrected chi connectivity index (χ1v) is 9.63. The van der Waals surface area contributed by atoms with Crippen LogP contribution in [0.15, 0.2) is 5.38 Å². The zero-order chi connectivity index (χ0) is 16.0. The molecular formula is C17H25N5S. The fraction of sp³-hybridized carbons (Fsp3) is 0.706. The molecule has 1 saturated carbocycles. The summed E-state index contributed by atoms with van der Waals surface area (Å²) in [5.41, 5.74) is 1.21. The zero-order valence-electron chi connectivity index (χ0n) is 14.2. The Bertz CT molecular complexity index is 685. The van der Waals surface area contributed by atoms with Gasteiger partial charge < -0.3 is 4.90 Å². The van der Waals surface area contributed by atoms with Crippen LogP contribution in [-0.4, -0.2) is 26.3 Å². The Balaban J connectivity index is 1.68. The van der Waals surface area contributed by atoms with E-state index in [-0.39, 0.29) is 0 Å². The van der Waals surface area contributed by atoms with Crippen LogP contribution in [0.4, 0.5) is 5.95 Å². The summed E-state index contributed by atoms with van der Waals surface area (Å²) in [6, 6.07) is 0.363. The maximum Gasteiger partial charge on any atom is 0.227 e. The first-order chi connectivity index (χ1) is 11.1. The number of hydrogen-bond acceptors (Lipinski definition) is 5. The van der Waals surface area contributed by atoms with Crippen molar-refractivity contribution < 1.29 is 0 Å². The van der Waals surface area contributed by atoms with Crippen LogP contribution < -0.4 is 4.90 Å². The van der Waals surface area contributed by atoms with Gasteiger partial charge in [-0.15, -0.1) is 21.5 Å². The van der Waals surface area contributed by atoms with Gasteiger partial charge in [0, 0.05) is 24.4 Å². The quantitative estimate of drug-likeness (QED) is 0.833. The third-order valence-electron chi connectivity index (χ3n) is 4.74. The average Bonchev–Trinajstić information content (AvgIpc) is 2.92. The second kappa shape index (κ2) is 5.89. The third-order valence-corrected chi connectivity index (χ3v) is 5.53. The van der Waals surface area contributed by atoms with E-state index in [4.69, 9.17) is 4.98 Å². The molecule has 2 aliphatic rings. The van der Waals surface area contributed by atoms with Crippen molar-refractivity contribution in [1.29, 1.82) is 0 Å². The molecule has 4 rings (SSSR count). The molecule has 2 aromatic rings. The Kier molecular flexibility index (Phi) is 3.87. The van der Waals surface area contributed by atoms with Gasteiger partial charge in [0.15, 0.2) is 0 Å². The van der Waals surface area contributed by atoms with Gasteiger partial charge in [0.25, 0.3) is 0 Å². The fourth-order valence-corrected chi connectivity index (χ4v) is 4.21. The molecule has 0 spiro atoms. The predicted molar refractivity (Wildman–Crippen MR) is 93.0 cm³/mol. The normalized spacial score (nSPS) is 21.6. The Labute approximate surface area is 141 Å². The van der Waals surface area contributed by atoms with E-state index in [0.29, 0.717) is 17.9 Å². The highest BCUT2D eigenvalue weighted by atomic mass is 32.1. The molecule has 0 radical (unpaired) electrons. The van der Waals surface area contributed by atoms with Crippen molar-refractivity contribution in [2.24, 2.45) is 5.92 Å².